The van der Waals surface area contributed by atoms with Crippen molar-refractivity contribution in [3.8, 4) is 0 Å². The van der Waals surface area contributed by atoms with Gasteiger partial charge in [0.05, 0.1) is 4.90 Å². The second-order valence-electron chi connectivity index (χ2n) is 10.6. The van der Waals surface area contributed by atoms with E-state index in [1.54, 1.807) is 17.0 Å². The van der Waals surface area contributed by atoms with Gasteiger partial charge in [0.2, 0.25) is 5.91 Å². The van der Waals surface area contributed by atoms with Crippen molar-refractivity contribution in [3.05, 3.63) is 24.3 Å². The van der Waals surface area contributed by atoms with Crippen molar-refractivity contribution in [3.63, 3.8) is 0 Å². The lowest BCUT2D eigenvalue weighted by Gasteiger charge is -2.61. The number of piperidine rings is 1. The largest absolute Gasteiger partial charge is 0.444 e. The van der Waals surface area contributed by atoms with Gasteiger partial charge in [0.25, 0.3) is 0 Å². The van der Waals surface area contributed by atoms with Crippen LogP contribution in [-0.2, 0) is 19.4 Å². The van der Waals surface area contributed by atoms with Crippen molar-refractivity contribution in [2.24, 2.45) is 11.3 Å². The van der Waals surface area contributed by atoms with Crippen molar-refractivity contribution >= 4 is 27.5 Å². The summed E-state index contributed by atoms with van der Waals surface area (Å²) in [7, 11) is -3.19. The van der Waals surface area contributed by atoms with Gasteiger partial charge >= 0.3 is 6.09 Å². The van der Waals surface area contributed by atoms with Crippen LogP contribution in [0.1, 0.15) is 33.6 Å². The first-order valence-electron chi connectivity index (χ1n) is 11.2. The third kappa shape index (κ3) is 4.72. The normalized spacial score (nSPS) is 21.2. The molecule has 1 spiro atoms. The first-order chi connectivity index (χ1) is 14.9. The van der Waals surface area contributed by atoms with E-state index >= 15 is 0 Å². The number of nitrogens with zero attached hydrogens (tertiary/aromatic N) is 3. The Labute approximate surface area is 190 Å². The molecule has 0 aromatic heterocycles. The quantitative estimate of drug-likeness (QED) is 0.684. The Morgan fingerprint density at radius 2 is 1.53 bits per heavy atom. The SMILES string of the molecule is CC(C)(C)OC(=O)N1CCC(C(=O)N2CC3(C2)CN(c2ccc(S(C)(=O)=O)cc2)C3)CC1. The fourth-order valence-electron chi connectivity index (χ4n) is 4.86. The van der Waals surface area contributed by atoms with Gasteiger partial charge in [0, 0.05) is 62.5 Å². The highest BCUT2D eigenvalue weighted by molar-refractivity contribution is 7.90. The maximum atomic E-state index is 12.9. The average Bonchev–Trinajstić information content (AvgIpc) is 2.64. The van der Waals surface area contributed by atoms with E-state index in [0.717, 1.165) is 31.9 Å². The average molecular weight is 464 g/mol. The summed E-state index contributed by atoms with van der Waals surface area (Å²) in [5.41, 5.74) is 0.659. The van der Waals surface area contributed by atoms with Crippen LogP contribution in [0.2, 0.25) is 0 Å². The third-order valence-corrected chi connectivity index (χ3v) is 7.67. The van der Waals surface area contributed by atoms with E-state index in [9.17, 15) is 18.0 Å². The van der Waals surface area contributed by atoms with Crippen LogP contribution < -0.4 is 4.90 Å². The molecule has 0 saturated carbocycles. The van der Waals surface area contributed by atoms with Gasteiger partial charge in [-0.15, -0.1) is 0 Å². The molecular weight excluding hydrogens is 430 g/mol. The molecule has 8 nitrogen and oxygen atoms in total. The zero-order chi connectivity index (χ0) is 23.3. The molecule has 3 aliphatic heterocycles. The van der Waals surface area contributed by atoms with Gasteiger partial charge in [-0.05, 0) is 57.9 Å². The summed E-state index contributed by atoms with van der Waals surface area (Å²) in [6.45, 7) is 9.99. The number of benzene rings is 1. The topological polar surface area (TPSA) is 87.2 Å². The van der Waals surface area contributed by atoms with Gasteiger partial charge in [0.15, 0.2) is 9.84 Å². The van der Waals surface area contributed by atoms with E-state index in [2.05, 4.69) is 4.90 Å². The van der Waals surface area contributed by atoms with Gasteiger partial charge < -0.3 is 19.4 Å². The lowest BCUT2D eigenvalue weighted by Crippen LogP contribution is -2.73. The second-order valence-corrected chi connectivity index (χ2v) is 12.6. The Bertz CT molecular complexity index is 977. The maximum Gasteiger partial charge on any atom is 0.410 e. The number of sulfone groups is 1. The van der Waals surface area contributed by atoms with Gasteiger partial charge in [-0.25, -0.2) is 13.2 Å². The molecular formula is C23H33N3O5S. The number of carbonyl (C=O) groups is 2. The molecule has 0 atom stereocenters. The first-order valence-corrected chi connectivity index (χ1v) is 13.1. The van der Waals surface area contributed by atoms with Crippen LogP contribution in [0.3, 0.4) is 0 Å². The van der Waals surface area contributed by atoms with Crippen molar-refractivity contribution in [1.29, 1.82) is 0 Å². The minimum atomic E-state index is -3.19. The standard InChI is InChI=1S/C23H33N3O5S/c1-22(2,3)31-21(28)24-11-9-17(10-12-24)20(27)26-15-23(16-26)13-25(14-23)18-5-7-19(8-6-18)32(4,29)30/h5-8,17H,9-16H2,1-4H3. The summed E-state index contributed by atoms with van der Waals surface area (Å²) in [5, 5.41) is 0. The Morgan fingerprint density at radius 1 is 0.969 bits per heavy atom. The predicted molar refractivity (Wildman–Crippen MR) is 121 cm³/mol. The number of hydrogen-bond acceptors (Lipinski definition) is 6. The van der Waals surface area contributed by atoms with Crippen molar-refractivity contribution in [2.75, 3.05) is 50.4 Å². The number of hydrogen-bond donors (Lipinski definition) is 0. The summed E-state index contributed by atoms with van der Waals surface area (Å²) in [4.78, 5) is 31.3. The molecule has 1 aromatic carbocycles. The fraction of sp³-hybridized carbons (Fsp3) is 0.652. The van der Waals surface area contributed by atoms with Gasteiger partial charge in [-0.3, -0.25) is 4.79 Å². The van der Waals surface area contributed by atoms with Crippen LogP contribution >= 0.6 is 0 Å². The van der Waals surface area contributed by atoms with E-state index in [4.69, 9.17) is 4.74 Å². The zero-order valence-electron chi connectivity index (χ0n) is 19.3. The highest BCUT2D eigenvalue weighted by Gasteiger charge is 2.54. The number of carbonyl (C=O) groups excluding carboxylic acids is 2. The highest BCUT2D eigenvalue weighted by atomic mass is 32.2. The predicted octanol–water partition coefficient (Wildman–Crippen LogP) is 2.39. The molecule has 0 unspecified atom stereocenters. The van der Waals surface area contributed by atoms with E-state index < -0.39 is 15.4 Å². The van der Waals surface area contributed by atoms with Crippen LogP contribution in [0.25, 0.3) is 0 Å². The Kier molecular flexibility index (Phi) is 5.68. The van der Waals surface area contributed by atoms with Gasteiger partial charge in [-0.2, -0.15) is 0 Å². The Hall–Kier alpha value is -2.29. The molecule has 3 fully saturated rings. The van der Waals surface area contributed by atoms with Crippen molar-refractivity contribution in [1.82, 2.24) is 9.80 Å². The minimum absolute atomic E-state index is 0.0225. The van der Waals surface area contributed by atoms with Crippen LogP contribution in [0.15, 0.2) is 29.2 Å². The molecule has 3 aliphatic rings. The first kappa shape index (κ1) is 22.9. The monoisotopic (exact) mass is 463 g/mol. The van der Waals surface area contributed by atoms with E-state index in [-0.39, 0.29) is 23.3 Å². The lowest BCUT2D eigenvalue weighted by molar-refractivity contribution is -0.151. The molecule has 9 heteroatoms. The van der Waals surface area contributed by atoms with Crippen molar-refractivity contribution in [2.45, 2.75) is 44.1 Å². The zero-order valence-corrected chi connectivity index (χ0v) is 20.2. The molecule has 0 radical (unpaired) electrons. The van der Waals surface area contributed by atoms with Gasteiger partial charge in [-0.1, -0.05) is 0 Å². The second kappa shape index (κ2) is 7.93. The number of rotatable bonds is 3. The minimum Gasteiger partial charge on any atom is -0.444 e. The summed E-state index contributed by atoms with van der Waals surface area (Å²) in [5.74, 6) is 0.182. The van der Waals surface area contributed by atoms with E-state index in [1.807, 2.05) is 37.8 Å². The maximum absolute atomic E-state index is 12.9. The molecule has 4 rings (SSSR count). The lowest BCUT2D eigenvalue weighted by atomic mass is 9.72. The smallest absolute Gasteiger partial charge is 0.410 e. The van der Waals surface area contributed by atoms with Crippen LogP contribution in [0.4, 0.5) is 10.5 Å². The Morgan fingerprint density at radius 3 is 2.03 bits per heavy atom. The Balaban J connectivity index is 1.22. The van der Waals surface area contributed by atoms with Gasteiger partial charge in [0.1, 0.15) is 5.60 Å². The summed E-state index contributed by atoms with van der Waals surface area (Å²) in [6.07, 6.45) is 2.27. The number of ether oxygens (including phenoxy) is 1. The molecule has 0 N–H and O–H groups in total. The molecule has 3 heterocycles. The molecule has 3 saturated heterocycles. The summed E-state index contributed by atoms with van der Waals surface area (Å²) < 4.78 is 28.7. The number of likely N-dealkylation sites (tertiary alicyclic amines) is 2. The van der Waals surface area contributed by atoms with E-state index in [1.165, 1.54) is 6.26 Å². The van der Waals surface area contributed by atoms with Crippen LogP contribution in [0, 0.1) is 11.3 Å². The molecule has 0 aliphatic carbocycles. The summed E-state index contributed by atoms with van der Waals surface area (Å²) >= 11 is 0. The highest BCUT2D eigenvalue weighted by Crippen LogP contribution is 2.43. The number of amides is 2. The van der Waals surface area contributed by atoms with Crippen LogP contribution in [0.5, 0.6) is 0 Å². The molecule has 176 valence electrons. The molecule has 2 amide bonds. The molecule has 1 aromatic rings. The molecule has 0 bridgehead atoms. The fourth-order valence-corrected chi connectivity index (χ4v) is 5.49. The summed E-state index contributed by atoms with van der Waals surface area (Å²) in [6, 6.07) is 7.00. The van der Waals surface area contributed by atoms with Crippen LogP contribution in [-0.4, -0.2) is 81.3 Å². The molecule has 32 heavy (non-hydrogen) atoms. The number of anilines is 1. The third-order valence-electron chi connectivity index (χ3n) is 6.54. The van der Waals surface area contributed by atoms with E-state index in [0.29, 0.717) is 30.8 Å². The van der Waals surface area contributed by atoms with Crippen molar-refractivity contribution < 1.29 is 22.7 Å².